The van der Waals surface area contributed by atoms with Crippen LogP contribution in [0.2, 0.25) is 0 Å². The first-order chi connectivity index (χ1) is 11.2. The van der Waals surface area contributed by atoms with Crippen molar-refractivity contribution in [1.29, 1.82) is 0 Å². The second kappa shape index (κ2) is 8.76. The lowest BCUT2D eigenvalue weighted by molar-refractivity contribution is -0.131. The van der Waals surface area contributed by atoms with Crippen LogP contribution in [0.1, 0.15) is 24.8 Å². The fraction of sp³-hybridized carbons (Fsp3) is 0.467. The van der Waals surface area contributed by atoms with Gasteiger partial charge in [0.25, 0.3) is 15.9 Å². The molecule has 0 aromatic heterocycles. The SMILES string of the molecule is Cc1ccc(S(=O)(=O)N(CC(N)=O)C(=O)[C@@H](N)CCCCN)cc1. The number of primary amides is 1. The molecule has 1 atom stereocenters. The second-order valence-electron chi connectivity index (χ2n) is 5.52. The van der Waals surface area contributed by atoms with Crippen LogP contribution in [0.15, 0.2) is 29.2 Å². The van der Waals surface area contributed by atoms with Gasteiger partial charge in [-0.2, -0.15) is 0 Å². The number of hydrogen-bond acceptors (Lipinski definition) is 6. The number of benzene rings is 1. The van der Waals surface area contributed by atoms with Crippen molar-refractivity contribution in [3.8, 4) is 0 Å². The summed E-state index contributed by atoms with van der Waals surface area (Å²) in [7, 11) is -4.21. The van der Waals surface area contributed by atoms with Gasteiger partial charge in [-0.25, -0.2) is 12.7 Å². The predicted molar refractivity (Wildman–Crippen MR) is 90.2 cm³/mol. The molecule has 1 aromatic rings. The van der Waals surface area contributed by atoms with Crippen molar-refractivity contribution >= 4 is 21.8 Å². The largest absolute Gasteiger partial charge is 0.368 e. The van der Waals surface area contributed by atoms with E-state index in [4.69, 9.17) is 17.2 Å². The van der Waals surface area contributed by atoms with E-state index in [0.717, 1.165) is 5.56 Å². The van der Waals surface area contributed by atoms with E-state index in [2.05, 4.69) is 0 Å². The summed E-state index contributed by atoms with van der Waals surface area (Å²) in [6.07, 6.45) is 1.52. The van der Waals surface area contributed by atoms with Crippen molar-refractivity contribution in [3.63, 3.8) is 0 Å². The van der Waals surface area contributed by atoms with Gasteiger partial charge < -0.3 is 17.2 Å². The normalized spacial score (nSPS) is 12.6. The van der Waals surface area contributed by atoms with Crippen LogP contribution in [-0.4, -0.2) is 43.7 Å². The molecule has 0 saturated heterocycles. The molecule has 0 bridgehead atoms. The summed E-state index contributed by atoms with van der Waals surface area (Å²) < 4.78 is 25.8. The Hall–Kier alpha value is -1.97. The Morgan fingerprint density at radius 3 is 2.25 bits per heavy atom. The Morgan fingerprint density at radius 2 is 1.75 bits per heavy atom. The molecule has 0 aliphatic carbocycles. The molecule has 0 unspecified atom stereocenters. The third kappa shape index (κ3) is 5.29. The highest BCUT2D eigenvalue weighted by atomic mass is 32.2. The van der Waals surface area contributed by atoms with E-state index in [0.29, 0.717) is 23.7 Å². The van der Waals surface area contributed by atoms with Crippen LogP contribution in [0.3, 0.4) is 0 Å². The minimum absolute atomic E-state index is 0.100. The highest BCUT2D eigenvalue weighted by Gasteiger charge is 2.33. The van der Waals surface area contributed by atoms with Gasteiger partial charge in [-0.05, 0) is 38.4 Å². The van der Waals surface area contributed by atoms with Gasteiger partial charge in [-0.1, -0.05) is 24.1 Å². The van der Waals surface area contributed by atoms with E-state index in [1.165, 1.54) is 12.1 Å². The Labute approximate surface area is 142 Å². The molecule has 0 fully saturated rings. The average Bonchev–Trinajstić information content (AvgIpc) is 2.52. The van der Waals surface area contributed by atoms with Crippen LogP contribution in [-0.2, 0) is 19.6 Å². The summed E-state index contributed by atoms with van der Waals surface area (Å²) in [5.74, 6) is -1.79. The summed E-state index contributed by atoms with van der Waals surface area (Å²) in [4.78, 5) is 23.6. The molecule has 24 heavy (non-hydrogen) atoms. The van der Waals surface area contributed by atoms with Gasteiger partial charge in [0.15, 0.2) is 0 Å². The number of nitrogens with zero attached hydrogens (tertiary/aromatic N) is 1. The van der Waals surface area contributed by atoms with Gasteiger partial charge in [-0.3, -0.25) is 9.59 Å². The molecule has 0 heterocycles. The van der Waals surface area contributed by atoms with Crippen LogP contribution in [0, 0.1) is 6.92 Å². The average molecular weight is 356 g/mol. The lowest BCUT2D eigenvalue weighted by atomic mass is 10.1. The maximum Gasteiger partial charge on any atom is 0.267 e. The maximum absolute atomic E-state index is 12.7. The van der Waals surface area contributed by atoms with Gasteiger partial charge in [-0.15, -0.1) is 0 Å². The molecule has 2 amide bonds. The van der Waals surface area contributed by atoms with Gasteiger partial charge >= 0.3 is 0 Å². The fourth-order valence-electron chi connectivity index (χ4n) is 2.08. The van der Waals surface area contributed by atoms with Crippen LogP contribution < -0.4 is 17.2 Å². The zero-order chi connectivity index (χ0) is 18.3. The number of aryl methyl sites for hydroxylation is 1. The lowest BCUT2D eigenvalue weighted by Gasteiger charge is -2.24. The third-order valence-corrected chi connectivity index (χ3v) is 5.20. The highest BCUT2D eigenvalue weighted by Crippen LogP contribution is 2.18. The molecule has 134 valence electrons. The maximum atomic E-state index is 12.7. The van der Waals surface area contributed by atoms with Crippen molar-refractivity contribution < 1.29 is 18.0 Å². The van der Waals surface area contributed by atoms with E-state index in [-0.39, 0.29) is 11.3 Å². The van der Waals surface area contributed by atoms with Crippen LogP contribution >= 0.6 is 0 Å². The number of rotatable bonds is 9. The quantitative estimate of drug-likeness (QED) is 0.505. The van der Waals surface area contributed by atoms with E-state index in [9.17, 15) is 18.0 Å². The number of carbonyl (C=O) groups excluding carboxylic acids is 2. The minimum Gasteiger partial charge on any atom is -0.368 e. The summed E-state index contributed by atoms with van der Waals surface area (Å²) in [6.45, 7) is 1.50. The van der Waals surface area contributed by atoms with Crippen molar-refractivity contribution in [2.45, 2.75) is 37.1 Å². The highest BCUT2D eigenvalue weighted by molar-refractivity contribution is 7.89. The monoisotopic (exact) mass is 356 g/mol. The van der Waals surface area contributed by atoms with Crippen molar-refractivity contribution in [1.82, 2.24) is 4.31 Å². The minimum atomic E-state index is -4.21. The number of hydrogen-bond donors (Lipinski definition) is 3. The molecule has 1 rings (SSSR count). The van der Waals surface area contributed by atoms with E-state index < -0.39 is 34.4 Å². The van der Waals surface area contributed by atoms with Crippen molar-refractivity contribution in [3.05, 3.63) is 29.8 Å². The number of unbranched alkanes of at least 4 members (excludes halogenated alkanes) is 1. The number of sulfonamides is 1. The molecule has 6 N–H and O–H groups in total. The second-order valence-corrected chi connectivity index (χ2v) is 7.38. The van der Waals surface area contributed by atoms with E-state index in [1.807, 2.05) is 0 Å². The standard InChI is InChI=1S/C15H24N4O4S/c1-11-5-7-12(8-6-11)24(22,23)19(10-14(18)20)15(21)13(17)4-2-3-9-16/h5-8,13H,2-4,9-10,16-17H2,1H3,(H2,18,20)/t13-/m0/s1. The van der Waals surface area contributed by atoms with Gasteiger partial charge in [0.05, 0.1) is 10.9 Å². The molecule has 8 nitrogen and oxygen atoms in total. The zero-order valence-electron chi connectivity index (χ0n) is 13.6. The summed E-state index contributed by atoms with van der Waals surface area (Å²) >= 11 is 0. The predicted octanol–water partition coefficient (Wildman–Crippen LogP) is -0.546. The van der Waals surface area contributed by atoms with Gasteiger partial charge in [0.2, 0.25) is 5.91 Å². The van der Waals surface area contributed by atoms with Gasteiger partial charge in [0, 0.05) is 0 Å². The van der Waals surface area contributed by atoms with Crippen LogP contribution in [0.25, 0.3) is 0 Å². The first-order valence-corrected chi connectivity index (χ1v) is 9.01. The molecule has 0 aliphatic heterocycles. The van der Waals surface area contributed by atoms with Crippen LogP contribution in [0.4, 0.5) is 0 Å². The summed E-state index contributed by atoms with van der Waals surface area (Å²) in [6, 6.07) is 4.89. The van der Waals surface area contributed by atoms with Crippen molar-refractivity contribution in [2.75, 3.05) is 13.1 Å². The van der Waals surface area contributed by atoms with E-state index >= 15 is 0 Å². The first kappa shape index (κ1) is 20.1. The lowest BCUT2D eigenvalue weighted by Crippen LogP contribution is -2.49. The van der Waals surface area contributed by atoms with Crippen molar-refractivity contribution in [2.24, 2.45) is 17.2 Å². The molecule has 0 radical (unpaired) electrons. The summed E-state index contributed by atoms with van der Waals surface area (Å²) in [5.41, 5.74) is 17.1. The Balaban J connectivity index is 3.09. The Bertz CT molecular complexity index is 673. The van der Waals surface area contributed by atoms with Crippen LogP contribution in [0.5, 0.6) is 0 Å². The number of carbonyl (C=O) groups is 2. The smallest absolute Gasteiger partial charge is 0.267 e. The molecule has 0 saturated carbocycles. The van der Waals surface area contributed by atoms with Gasteiger partial charge in [0.1, 0.15) is 6.54 Å². The zero-order valence-corrected chi connectivity index (χ0v) is 14.5. The topological polar surface area (TPSA) is 150 Å². The first-order valence-electron chi connectivity index (χ1n) is 7.57. The molecule has 1 aromatic carbocycles. The molecular weight excluding hydrogens is 332 g/mol. The van der Waals surface area contributed by atoms with E-state index in [1.54, 1.807) is 19.1 Å². The third-order valence-electron chi connectivity index (χ3n) is 3.44. The molecule has 0 aliphatic rings. The molecule has 9 heteroatoms. The Kier molecular flexibility index (Phi) is 7.33. The summed E-state index contributed by atoms with van der Waals surface area (Å²) in [5, 5.41) is 0. The Morgan fingerprint density at radius 1 is 1.17 bits per heavy atom. The molecule has 0 spiro atoms. The fourth-order valence-corrected chi connectivity index (χ4v) is 3.48. The molecular formula is C15H24N4O4S. The number of nitrogens with two attached hydrogens (primary N) is 3. The number of amides is 2.